The van der Waals surface area contributed by atoms with E-state index < -0.39 is 0 Å². The lowest BCUT2D eigenvalue weighted by Crippen LogP contribution is -2.33. The number of fused-ring (bicyclic) bond motifs is 1. The van der Waals surface area contributed by atoms with Crippen LogP contribution in [0.4, 0.5) is 0 Å². The second-order valence-corrected chi connectivity index (χ2v) is 7.12. The molecule has 1 aliphatic rings. The molecule has 0 bridgehead atoms. The minimum absolute atomic E-state index is 0.0262. The SMILES string of the molecule is CC(Cl)c1nc2cc(Br)ccc2n1C(C)C(=O)NC1CC1. The molecule has 4 nitrogen and oxygen atoms in total. The van der Waals surface area contributed by atoms with E-state index in [1.54, 1.807) is 0 Å². The van der Waals surface area contributed by atoms with Gasteiger partial charge in [-0.15, -0.1) is 11.6 Å². The Morgan fingerprint density at radius 2 is 2.19 bits per heavy atom. The monoisotopic (exact) mass is 369 g/mol. The highest BCUT2D eigenvalue weighted by molar-refractivity contribution is 9.10. The van der Waals surface area contributed by atoms with E-state index in [1.807, 2.05) is 36.6 Å². The number of alkyl halides is 1. The van der Waals surface area contributed by atoms with Crippen molar-refractivity contribution in [1.82, 2.24) is 14.9 Å². The summed E-state index contributed by atoms with van der Waals surface area (Å²) in [5.41, 5.74) is 1.78. The third kappa shape index (κ3) is 2.94. The molecule has 1 amide bonds. The number of amides is 1. The molecule has 1 aliphatic carbocycles. The van der Waals surface area contributed by atoms with Crippen LogP contribution in [0.5, 0.6) is 0 Å². The van der Waals surface area contributed by atoms with E-state index in [4.69, 9.17) is 11.6 Å². The van der Waals surface area contributed by atoms with Crippen LogP contribution < -0.4 is 5.32 Å². The number of nitrogens with one attached hydrogen (secondary N) is 1. The number of imidazole rings is 1. The highest BCUT2D eigenvalue weighted by atomic mass is 79.9. The van der Waals surface area contributed by atoms with Crippen LogP contribution in [0, 0.1) is 0 Å². The summed E-state index contributed by atoms with van der Waals surface area (Å²) >= 11 is 9.71. The number of hydrogen-bond acceptors (Lipinski definition) is 2. The molecule has 1 saturated carbocycles. The zero-order chi connectivity index (χ0) is 15.1. The molecule has 1 aromatic heterocycles. The van der Waals surface area contributed by atoms with Gasteiger partial charge in [0.2, 0.25) is 5.91 Å². The number of halogens is 2. The Labute approximate surface area is 137 Å². The van der Waals surface area contributed by atoms with Gasteiger partial charge in [0.25, 0.3) is 0 Å². The number of aromatic nitrogens is 2. The van der Waals surface area contributed by atoms with Crippen LogP contribution in [0.3, 0.4) is 0 Å². The molecule has 1 aromatic carbocycles. The Hall–Kier alpha value is -1.07. The standard InChI is InChI=1S/C15H17BrClN3O/c1-8(17)14-19-12-7-10(16)3-6-13(12)20(14)9(2)15(21)18-11-4-5-11/h3,6-9,11H,4-5H2,1-2H3,(H,18,21). The molecule has 2 atom stereocenters. The summed E-state index contributed by atoms with van der Waals surface area (Å²) in [6.07, 6.45) is 2.16. The molecule has 2 unspecified atom stereocenters. The maximum Gasteiger partial charge on any atom is 0.243 e. The first-order valence-electron chi connectivity index (χ1n) is 7.09. The second-order valence-electron chi connectivity index (χ2n) is 5.55. The average Bonchev–Trinajstić information content (AvgIpc) is 3.15. The van der Waals surface area contributed by atoms with Crippen LogP contribution >= 0.6 is 27.5 Å². The Bertz CT molecular complexity index is 694. The van der Waals surface area contributed by atoms with Crippen molar-refractivity contribution in [3.05, 3.63) is 28.5 Å². The van der Waals surface area contributed by atoms with Crippen molar-refractivity contribution >= 4 is 44.5 Å². The average molecular weight is 371 g/mol. The van der Waals surface area contributed by atoms with Crippen LogP contribution in [0.15, 0.2) is 22.7 Å². The van der Waals surface area contributed by atoms with Crippen molar-refractivity contribution in [2.45, 2.75) is 44.1 Å². The molecule has 2 aromatic rings. The third-order valence-electron chi connectivity index (χ3n) is 3.73. The van der Waals surface area contributed by atoms with Gasteiger partial charge in [0, 0.05) is 10.5 Å². The Balaban J connectivity index is 2.05. The van der Waals surface area contributed by atoms with Gasteiger partial charge in [-0.1, -0.05) is 15.9 Å². The van der Waals surface area contributed by atoms with E-state index in [-0.39, 0.29) is 17.3 Å². The predicted molar refractivity (Wildman–Crippen MR) is 87.6 cm³/mol. The molecule has 0 radical (unpaired) electrons. The van der Waals surface area contributed by atoms with Crippen LogP contribution in [-0.4, -0.2) is 21.5 Å². The summed E-state index contributed by atoms with van der Waals surface area (Å²) in [6.45, 7) is 3.77. The van der Waals surface area contributed by atoms with Gasteiger partial charge >= 0.3 is 0 Å². The van der Waals surface area contributed by atoms with Crippen LogP contribution in [0.25, 0.3) is 11.0 Å². The Morgan fingerprint density at radius 3 is 2.81 bits per heavy atom. The van der Waals surface area contributed by atoms with E-state index in [0.717, 1.165) is 34.2 Å². The van der Waals surface area contributed by atoms with Crippen LogP contribution in [0.2, 0.25) is 0 Å². The van der Waals surface area contributed by atoms with Gasteiger partial charge in [-0.3, -0.25) is 4.79 Å². The summed E-state index contributed by atoms with van der Waals surface area (Å²) in [6, 6.07) is 5.89. The van der Waals surface area contributed by atoms with Gasteiger partial charge in [-0.2, -0.15) is 0 Å². The molecule has 1 heterocycles. The van der Waals surface area contributed by atoms with Crippen molar-refractivity contribution in [3.8, 4) is 0 Å². The van der Waals surface area contributed by atoms with E-state index in [0.29, 0.717) is 6.04 Å². The van der Waals surface area contributed by atoms with Gasteiger partial charge in [0.1, 0.15) is 11.9 Å². The maximum atomic E-state index is 12.4. The lowest BCUT2D eigenvalue weighted by molar-refractivity contribution is -0.124. The zero-order valence-corrected chi connectivity index (χ0v) is 14.3. The Morgan fingerprint density at radius 1 is 1.48 bits per heavy atom. The molecule has 1 fully saturated rings. The fourth-order valence-electron chi connectivity index (χ4n) is 2.44. The minimum atomic E-state index is -0.326. The van der Waals surface area contributed by atoms with Crippen molar-refractivity contribution in [2.75, 3.05) is 0 Å². The van der Waals surface area contributed by atoms with Crippen molar-refractivity contribution in [2.24, 2.45) is 0 Å². The predicted octanol–water partition coefficient (Wildman–Crippen LogP) is 3.94. The van der Waals surface area contributed by atoms with Gasteiger partial charge in [-0.05, 0) is 44.9 Å². The van der Waals surface area contributed by atoms with E-state index in [9.17, 15) is 4.79 Å². The number of carbonyl (C=O) groups is 1. The lowest BCUT2D eigenvalue weighted by atomic mass is 10.2. The fourth-order valence-corrected chi connectivity index (χ4v) is 2.95. The van der Waals surface area contributed by atoms with Gasteiger partial charge < -0.3 is 9.88 Å². The molecular weight excluding hydrogens is 354 g/mol. The number of benzene rings is 1. The van der Waals surface area contributed by atoms with Crippen molar-refractivity contribution in [3.63, 3.8) is 0 Å². The normalized spacial score (nSPS) is 17.7. The van der Waals surface area contributed by atoms with Crippen LogP contribution in [0.1, 0.15) is 43.9 Å². The van der Waals surface area contributed by atoms with E-state index in [2.05, 4.69) is 26.2 Å². The molecule has 0 aliphatic heterocycles. The zero-order valence-electron chi connectivity index (χ0n) is 11.9. The quantitative estimate of drug-likeness (QED) is 0.829. The smallest absolute Gasteiger partial charge is 0.243 e. The first-order chi connectivity index (χ1) is 9.97. The van der Waals surface area contributed by atoms with E-state index >= 15 is 0 Å². The fraction of sp³-hybridized carbons (Fsp3) is 0.467. The molecule has 1 N–H and O–H groups in total. The number of carbonyl (C=O) groups excluding carboxylic acids is 1. The van der Waals surface area contributed by atoms with Gasteiger partial charge in [0.15, 0.2) is 0 Å². The van der Waals surface area contributed by atoms with Crippen LogP contribution in [-0.2, 0) is 4.79 Å². The Kier molecular flexibility index (Phi) is 3.97. The number of nitrogens with zero attached hydrogens (tertiary/aromatic N) is 2. The number of rotatable bonds is 4. The number of hydrogen-bond donors (Lipinski definition) is 1. The summed E-state index contributed by atoms with van der Waals surface area (Å²) < 4.78 is 2.90. The van der Waals surface area contributed by atoms with Crippen molar-refractivity contribution < 1.29 is 4.79 Å². The van der Waals surface area contributed by atoms with Gasteiger partial charge in [-0.25, -0.2) is 4.98 Å². The molecule has 6 heteroatoms. The molecule has 112 valence electrons. The minimum Gasteiger partial charge on any atom is -0.352 e. The first-order valence-corrected chi connectivity index (χ1v) is 8.32. The summed E-state index contributed by atoms with van der Waals surface area (Å²) in [7, 11) is 0. The molecule has 0 saturated heterocycles. The topological polar surface area (TPSA) is 46.9 Å². The summed E-state index contributed by atoms with van der Waals surface area (Å²) in [5, 5.41) is 2.79. The van der Waals surface area contributed by atoms with Crippen molar-refractivity contribution in [1.29, 1.82) is 0 Å². The maximum absolute atomic E-state index is 12.4. The third-order valence-corrected chi connectivity index (χ3v) is 4.41. The summed E-state index contributed by atoms with van der Waals surface area (Å²) in [5.74, 6) is 0.751. The molecule has 0 spiro atoms. The molecule has 3 rings (SSSR count). The highest BCUT2D eigenvalue weighted by Gasteiger charge is 2.28. The van der Waals surface area contributed by atoms with E-state index in [1.165, 1.54) is 0 Å². The molecule has 21 heavy (non-hydrogen) atoms. The summed E-state index contributed by atoms with van der Waals surface area (Å²) in [4.78, 5) is 17.0. The highest BCUT2D eigenvalue weighted by Crippen LogP contribution is 2.30. The lowest BCUT2D eigenvalue weighted by Gasteiger charge is -2.18. The first kappa shape index (κ1) is 14.9. The molecular formula is C15H17BrClN3O. The van der Waals surface area contributed by atoms with Gasteiger partial charge in [0.05, 0.1) is 16.4 Å². The largest absolute Gasteiger partial charge is 0.352 e. The second kappa shape index (κ2) is 5.61.